The summed E-state index contributed by atoms with van der Waals surface area (Å²) in [6.45, 7) is 4.40. The third-order valence-corrected chi connectivity index (χ3v) is 4.16. The van der Waals surface area contributed by atoms with E-state index in [0.29, 0.717) is 5.92 Å². The minimum absolute atomic E-state index is 0.613. The monoisotopic (exact) mass is 252 g/mol. The second-order valence-corrected chi connectivity index (χ2v) is 5.14. The van der Waals surface area contributed by atoms with Crippen molar-refractivity contribution in [3.05, 3.63) is 19.8 Å². The molecule has 0 amide bonds. The molecule has 0 radical (unpaired) electrons. The van der Waals surface area contributed by atoms with Crippen LogP contribution in [0.2, 0.25) is 4.34 Å². The molecule has 0 aromatic carbocycles. The zero-order valence-electron chi connectivity index (χ0n) is 6.53. The maximum absolute atomic E-state index is 5.86. The van der Waals surface area contributed by atoms with Gasteiger partial charge in [0.1, 0.15) is 0 Å². The molecule has 3 heteroatoms. The Balaban J connectivity index is 2.93. The predicted octanol–water partition coefficient (Wildman–Crippen LogP) is 4.68. The van der Waals surface area contributed by atoms with Gasteiger partial charge in [0, 0.05) is 9.35 Å². The molecule has 1 heterocycles. The second kappa shape index (κ2) is 3.92. The lowest BCUT2D eigenvalue weighted by atomic mass is 10.1. The first-order valence-corrected chi connectivity index (χ1v) is 5.58. The van der Waals surface area contributed by atoms with Gasteiger partial charge in [0.25, 0.3) is 0 Å². The normalized spacial score (nSPS) is 13.5. The average Bonchev–Trinajstić information content (AvgIpc) is 2.28. The summed E-state index contributed by atoms with van der Waals surface area (Å²) < 4.78 is 2.02. The number of rotatable bonds is 2. The van der Waals surface area contributed by atoms with E-state index in [0.717, 1.165) is 15.2 Å². The molecule has 1 atom stereocenters. The van der Waals surface area contributed by atoms with Crippen molar-refractivity contribution in [3.8, 4) is 0 Å². The average molecular weight is 254 g/mol. The maximum atomic E-state index is 5.86. The lowest BCUT2D eigenvalue weighted by Gasteiger charge is -2.04. The van der Waals surface area contributed by atoms with Gasteiger partial charge >= 0.3 is 0 Å². The van der Waals surface area contributed by atoms with Crippen LogP contribution in [0.15, 0.2) is 10.5 Å². The fourth-order valence-corrected chi connectivity index (χ4v) is 3.29. The molecule has 1 rings (SSSR count). The number of hydrogen-bond donors (Lipinski definition) is 0. The number of halogens is 2. The Hall–Kier alpha value is 0.470. The molecule has 0 nitrogen and oxygen atoms in total. The summed E-state index contributed by atoms with van der Waals surface area (Å²) in [5, 5.41) is 0. The van der Waals surface area contributed by atoms with Gasteiger partial charge in [-0.1, -0.05) is 25.4 Å². The topological polar surface area (TPSA) is 0 Å². The van der Waals surface area contributed by atoms with E-state index in [1.807, 2.05) is 6.07 Å². The van der Waals surface area contributed by atoms with Crippen molar-refractivity contribution >= 4 is 38.9 Å². The van der Waals surface area contributed by atoms with Crippen LogP contribution in [0.1, 0.15) is 31.1 Å². The van der Waals surface area contributed by atoms with E-state index in [4.69, 9.17) is 11.6 Å². The van der Waals surface area contributed by atoms with E-state index < -0.39 is 0 Å². The van der Waals surface area contributed by atoms with E-state index >= 15 is 0 Å². The van der Waals surface area contributed by atoms with Crippen LogP contribution >= 0.6 is 38.9 Å². The molecule has 62 valence electrons. The second-order valence-electron chi connectivity index (χ2n) is 2.57. The zero-order valence-corrected chi connectivity index (χ0v) is 9.68. The maximum Gasteiger partial charge on any atom is 0.0942 e. The summed E-state index contributed by atoms with van der Waals surface area (Å²) in [5.74, 6) is 0.613. The van der Waals surface area contributed by atoms with E-state index in [9.17, 15) is 0 Å². The third kappa shape index (κ3) is 2.20. The highest BCUT2D eigenvalue weighted by molar-refractivity contribution is 9.10. The molecule has 1 aromatic heterocycles. The third-order valence-electron chi connectivity index (χ3n) is 1.74. The molecule has 0 aliphatic rings. The van der Waals surface area contributed by atoms with Crippen molar-refractivity contribution < 1.29 is 0 Å². The van der Waals surface area contributed by atoms with E-state index in [1.54, 1.807) is 11.3 Å². The Kier molecular flexibility index (Phi) is 3.41. The Morgan fingerprint density at radius 1 is 1.73 bits per heavy atom. The molecular formula is C8H10BrClS. The molecule has 0 saturated carbocycles. The van der Waals surface area contributed by atoms with Crippen molar-refractivity contribution in [2.45, 2.75) is 26.2 Å². The first-order valence-electron chi connectivity index (χ1n) is 3.59. The standard InChI is InChI=1S/C8H10BrClS/c1-3-5(2)8-6(9)4-7(10)11-8/h4-5H,3H2,1-2H3. The molecule has 1 unspecified atom stereocenters. The lowest BCUT2D eigenvalue weighted by Crippen LogP contribution is -1.86. The van der Waals surface area contributed by atoms with Gasteiger partial charge < -0.3 is 0 Å². The summed E-state index contributed by atoms with van der Waals surface area (Å²) in [4.78, 5) is 1.36. The smallest absolute Gasteiger partial charge is 0.0942 e. The number of thiophene rings is 1. The fourth-order valence-electron chi connectivity index (χ4n) is 0.875. The van der Waals surface area contributed by atoms with Gasteiger partial charge in [-0.2, -0.15) is 0 Å². The van der Waals surface area contributed by atoms with Crippen molar-refractivity contribution in [1.82, 2.24) is 0 Å². The van der Waals surface area contributed by atoms with Crippen molar-refractivity contribution in [2.75, 3.05) is 0 Å². The Bertz CT molecular complexity index is 244. The summed E-state index contributed by atoms with van der Waals surface area (Å²) in [5.41, 5.74) is 0. The molecule has 1 aromatic rings. The molecular weight excluding hydrogens is 244 g/mol. The Labute approximate surface area is 84.7 Å². The summed E-state index contributed by atoms with van der Waals surface area (Å²) >= 11 is 11.0. The zero-order chi connectivity index (χ0) is 8.43. The Morgan fingerprint density at radius 3 is 2.73 bits per heavy atom. The van der Waals surface area contributed by atoms with Gasteiger partial charge in [-0.3, -0.25) is 0 Å². The van der Waals surface area contributed by atoms with E-state index in [-0.39, 0.29) is 0 Å². The minimum atomic E-state index is 0.613. The quantitative estimate of drug-likeness (QED) is 0.718. The lowest BCUT2D eigenvalue weighted by molar-refractivity contribution is 0.745. The molecule has 0 aliphatic heterocycles. The minimum Gasteiger partial charge on any atom is -0.127 e. The van der Waals surface area contributed by atoms with Crippen LogP contribution in [-0.4, -0.2) is 0 Å². The van der Waals surface area contributed by atoms with Crippen molar-refractivity contribution in [2.24, 2.45) is 0 Å². The highest BCUT2D eigenvalue weighted by atomic mass is 79.9. The van der Waals surface area contributed by atoms with Crippen molar-refractivity contribution in [3.63, 3.8) is 0 Å². The first-order chi connectivity index (χ1) is 5.15. The largest absolute Gasteiger partial charge is 0.127 e. The molecule has 0 fully saturated rings. The molecule has 11 heavy (non-hydrogen) atoms. The SMILES string of the molecule is CCC(C)c1sc(Cl)cc1Br. The van der Waals surface area contributed by atoms with Crippen LogP contribution in [0, 0.1) is 0 Å². The van der Waals surface area contributed by atoms with Crippen LogP contribution in [0.25, 0.3) is 0 Å². The molecule has 0 saturated heterocycles. The van der Waals surface area contributed by atoms with Crippen LogP contribution in [-0.2, 0) is 0 Å². The Morgan fingerprint density at radius 2 is 2.36 bits per heavy atom. The van der Waals surface area contributed by atoms with Gasteiger partial charge in [-0.15, -0.1) is 11.3 Å². The van der Waals surface area contributed by atoms with E-state index in [1.165, 1.54) is 4.88 Å². The first kappa shape index (κ1) is 9.56. The highest BCUT2D eigenvalue weighted by Gasteiger charge is 2.10. The van der Waals surface area contributed by atoms with Crippen molar-refractivity contribution in [1.29, 1.82) is 0 Å². The molecule has 0 aliphatic carbocycles. The highest BCUT2D eigenvalue weighted by Crippen LogP contribution is 2.37. The predicted molar refractivity (Wildman–Crippen MR) is 55.7 cm³/mol. The number of hydrogen-bond acceptors (Lipinski definition) is 1. The summed E-state index contributed by atoms with van der Waals surface area (Å²) in [6, 6.07) is 1.97. The van der Waals surface area contributed by atoms with Gasteiger partial charge in [0.05, 0.1) is 4.34 Å². The molecule has 0 spiro atoms. The van der Waals surface area contributed by atoms with Gasteiger partial charge in [0.15, 0.2) is 0 Å². The van der Waals surface area contributed by atoms with Crippen LogP contribution in [0.4, 0.5) is 0 Å². The summed E-state index contributed by atoms with van der Waals surface area (Å²) in [6.07, 6.45) is 1.16. The van der Waals surface area contributed by atoms with Gasteiger partial charge in [-0.25, -0.2) is 0 Å². The molecule has 0 N–H and O–H groups in total. The van der Waals surface area contributed by atoms with Crippen LogP contribution in [0.3, 0.4) is 0 Å². The van der Waals surface area contributed by atoms with Crippen LogP contribution in [0.5, 0.6) is 0 Å². The van der Waals surface area contributed by atoms with Gasteiger partial charge in [-0.05, 0) is 34.3 Å². The summed E-state index contributed by atoms with van der Waals surface area (Å²) in [7, 11) is 0. The van der Waals surface area contributed by atoms with E-state index in [2.05, 4.69) is 29.8 Å². The molecule has 0 bridgehead atoms. The van der Waals surface area contributed by atoms with Gasteiger partial charge in [0.2, 0.25) is 0 Å². The fraction of sp³-hybridized carbons (Fsp3) is 0.500. The van der Waals surface area contributed by atoms with Crippen LogP contribution < -0.4 is 0 Å².